The van der Waals surface area contributed by atoms with Gasteiger partial charge in [-0.2, -0.15) is 13.2 Å². The number of hydrogen-bond acceptors (Lipinski definition) is 4. The lowest BCUT2D eigenvalue weighted by molar-refractivity contribution is -0.152. The molecule has 1 aromatic carbocycles. The molecule has 0 radical (unpaired) electrons. The van der Waals surface area contributed by atoms with Crippen LogP contribution in [-0.2, 0) is 16.0 Å². The van der Waals surface area contributed by atoms with E-state index in [4.69, 9.17) is 9.84 Å². The summed E-state index contributed by atoms with van der Waals surface area (Å²) in [5.74, 6) is -0.900. The minimum atomic E-state index is -4.24. The van der Waals surface area contributed by atoms with E-state index in [9.17, 15) is 22.8 Å². The molecule has 138 valence electrons. The Morgan fingerprint density at radius 1 is 1.16 bits per heavy atom. The van der Waals surface area contributed by atoms with Crippen molar-refractivity contribution < 1.29 is 32.6 Å². The molecule has 0 unspecified atom stereocenters. The van der Waals surface area contributed by atoms with Crippen LogP contribution >= 0.6 is 0 Å². The fourth-order valence-corrected chi connectivity index (χ4v) is 2.57. The van der Waals surface area contributed by atoms with Crippen molar-refractivity contribution in [3.8, 4) is 5.75 Å². The molecule has 9 heteroatoms. The average molecular weight is 360 g/mol. The molecule has 1 amide bonds. The monoisotopic (exact) mass is 360 g/mol. The summed E-state index contributed by atoms with van der Waals surface area (Å²) in [7, 11) is 0. The maximum atomic E-state index is 12.3. The average Bonchev–Trinajstić information content (AvgIpc) is 2.51. The third-order valence-corrected chi connectivity index (χ3v) is 3.74. The van der Waals surface area contributed by atoms with Gasteiger partial charge in [0, 0.05) is 26.2 Å². The number of rotatable bonds is 6. The van der Waals surface area contributed by atoms with Gasteiger partial charge in [-0.15, -0.1) is 0 Å². The Hall–Kier alpha value is -2.29. The molecule has 1 aliphatic heterocycles. The molecule has 25 heavy (non-hydrogen) atoms. The molecule has 0 saturated carbocycles. The Morgan fingerprint density at radius 3 is 2.44 bits per heavy atom. The summed E-state index contributed by atoms with van der Waals surface area (Å²) in [4.78, 5) is 25.5. The zero-order valence-corrected chi connectivity index (χ0v) is 13.5. The van der Waals surface area contributed by atoms with E-state index in [0.717, 1.165) is 0 Å². The lowest BCUT2D eigenvalue weighted by Gasteiger charge is -2.34. The standard InChI is InChI=1S/C16H19F3N2O4/c17-16(18,19)11-20-4-6-21(7-5-20)14(22)10-25-13-3-1-2-12(8-13)9-15(23)24/h1-3,8H,4-7,9-11H2,(H,23,24). The molecule has 1 saturated heterocycles. The number of hydrogen-bond donors (Lipinski definition) is 1. The second-order valence-electron chi connectivity index (χ2n) is 5.78. The van der Waals surface area contributed by atoms with Gasteiger partial charge in [0.25, 0.3) is 5.91 Å². The Morgan fingerprint density at radius 2 is 1.84 bits per heavy atom. The number of carboxylic acid groups (broad SMARTS) is 1. The number of carbonyl (C=O) groups is 2. The smallest absolute Gasteiger partial charge is 0.401 e. The van der Waals surface area contributed by atoms with Crippen molar-refractivity contribution in [2.45, 2.75) is 12.6 Å². The predicted molar refractivity (Wildman–Crippen MR) is 82.4 cm³/mol. The molecular formula is C16H19F3N2O4. The number of nitrogens with zero attached hydrogens (tertiary/aromatic N) is 2. The molecule has 1 fully saturated rings. The molecule has 1 aliphatic rings. The lowest BCUT2D eigenvalue weighted by atomic mass is 10.1. The van der Waals surface area contributed by atoms with E-state index in [1.165, 1.54) is 9.80 Å². The number of piperazine rings is 1. The predicted octanol–water partition coefficient (Wildman–Crippen LogP) is 1.40. The molecule has 0 atom stereocenters. The number of amides is 1. The van der Waals surface area contributed by atoms with Gasteiger partial charge in [0.05, 0.1) is 13.0 Å². The van der Waals surface area contributed by atoms with Gasteiger partial charge < -0.3 is 14.7 Å². The van der Waals surface area contributed by atoms with Crippen molar-refractivity contribution in [2.75, 3.05) is 39.3 Å². The van der Waals surface area contributed by atoms with Crippen LogP contribution in [0, 0.1) is 0 Å². The fourth-order valence-electron chi connectivity index (χ4n) is 2.57. The van der Waals surface area contributed by atoms with Crippen LogP contribution in [0.15, 0.2) is 24.3 Å². The van der Waals surface area contributed by atoms with E-state index in [-0.39, 0.29) is 45.1 Å². The highest BCUT2D eigenvalue weighted by Gasteiger charge is 2.32. The van der Waals surface area contributed by atoms with Crippen LogP contribution in [0.3, 0.4) is 0 Å². The van der Waals surface area contributed by atoms with Crippen molar-refractivity contribution in [2.24, 2.45) is 0 Å². The Kier molecular flexibility index (Phi) is 6.24. The number of halogens is 3. The first-order valence-electron chi connectivity index (χ1n) is 7.73. The SMILES string of the molecule is O=C(O)Cc1cccc(OCC(=O)N2CCN(CC(F)(F)F)CC2)c1. The van der Waals surface area contributed by atoms with Crippen LogP contribution in [0.2, 0.25) is 0 Å². The first-order chi connectivity index (χ1) is 11.7. The second-order valence-corrected chi connectivity index (χ2v) is 5.78. The summed E-state index contributed by atoms with van der Waals surface area (Å²) in [5.41, 5.74) is 0.554. The van der Waals surface area contributed by atoms with Gasteiger partial charge in [-0.05, 0) is 17.7 Å². The molecule has 1 aromatic rings. The van der Waals surface area contributed by atoms with Gasteiger partial charge in [0.1, 0.15) is 5.75 Å². The number of aliphatic carboxylic acids is 1. The van der Waals surface area contributed by atoms with Gasteiger partial charge >= 0.3 is 12.1 Å². The summed E-state index contributed by atoms with van der Waals surface area (Å²) in [6.45, 7) is -0.439. The summed E-state index contributed by atoms with van der Waals surface area (Å²) >= 11 is 0. The third kappa shape index (κ3) is 6.61. The molecular weight excluding hydrogens is 341 g/mol. The first-order valence-corrected chi connectivity index (χ1v) is 7.73. The molecule has 1 N–H and O–H groups in total. The van der Waals surface area contributed by atoms with Crippen molar-refractivity contribution in [1.29, 1.82) is 0 Å². The van der Waals surface area contributed by atoms with Crippen molar-refractivity contribution in [1.82, 2.24) is 9.80 Å². The summed E-state index contributed by atoms with van der Waals surface area (Å²) in [6.07, 6.45) is -4.39. The lowest BCUT2D eigenvalue weighted by Crippen LogP contribution is -2.51. The van der Waals surface area contributed by atoms with E-state index in [2.05, 4.69) is 0 Å². The highest BCUT2D eigenvalue weighted by Crippen LogP contribution is 2.18. The maximum Gasteiger partial charge on any atom is 0.401 e. The van der Waals surface area contributed by atoms with Crippen LogP contribution in [0.5, 0.6) is 5.75 Å². The third-order valence-electron chi connectivity index (χ3n) is 3.74. The van der Waals surface area contributed by atoms with Crippen LogP contribution in [0.4, 0.5) is 13.2 Å². The quantitative estimate of drug-likeness (QED) is 0.831. The summed E-state index contributed by atoms with van der Waals surface area (Å²) < 4.78 is 42.4. The molecule has 2 rings (SSSR count). The van der Waals surface area contributed by atoms with Crippen LogP contribution in [0.1, 0.15) is 5.56 Å². The summed E-state index contributed by atoms with van der Waals surface area (Å²) in [5, 5.41) is 8.76. The van der Waals surface area contributed by atoms with Crippen LogP contribution < -0.4 is 4.74 Å². The normalized spacial score (nSPS) is 15.9. The number of carboxylic acids is 1. The van der Waals surface area contributed by atoms with Gasteiger partial charge in [0.2, 0.25) is 0 Å². The van der Waals surface area contributed by atoms with Gasteiger partial charge in [-0.1, -0.05) is 12.1 Å². The van der Waals surface area contributed by atoms with Crippen molar-refractivity contribution >= 4 is 11.9 Å². The summed E-state index contributed by atoms with van der Waals surface area (Å²) in [6, 6.07) is 6.43. The first kappa shape index (κ1) is 19.0. The number of benzene rings is 1. The number of carbonyl (C=O) groups excluding carboxylic acids is 1. The molecule has 6 nitrogen and oxygen atoms in total. The maximum absolute atomic E-state index is 12.3. The minimum absolute atomic E-state index is 0.147. The zero-order valence-electron chi connectivity index (χ0n) is 13.5. The highest BCUT2D eigenvalue weighted by atomic mass is 19.4. The van der Waals surface area contributed by atoms with Gasteiger partial charge in [-0.25, -0.2) is 0 Å². The topological polar surface area (TPSA) is 70.1 Å². The van der Waals surface area contributed by atoms with Gasteiger partial charge in [-0.3, -0.25) is 14.5 Å². The molecule has 0 spiro atoms. The largest absolute Gasteiger partial charge is 0.484 e. The minimum Gasteiger partial charge on any atom is -0.484 e. The Labute approximate surface area is 142 Å². The van der Waals surface area contributed by atoms with E-state index in [1.54, 1.807) is 24.3 Å². The van der Waals surface area contributed by atoms with Crippen molar-refractivity contribution in [3.05, 3.63) is 29.8 Å². The van der Waals surface area contributed by atoms with Gasteiger partial charge in [0.15, 0.2) is 6.61 Å². The van der Waals surface area contributed by atoms with Crippen LogP contribution in [-0.4, -0.2) is 72.3 Å². The van der Waals surface area contributed by atoms with E-state index >= 15 is 0 Å². The molecule has 1 heterocycles. The Balaban J connectivity index is 1.79. The van der Waals surface area contributed by atoms with Crippen molar-refractivity contribution in [3.63, 3.8) is 0 Å². The highest BCUT2D eigenvalue weighted by molar-refractivity contribution is 5.78. The fraction of sp³-hybridized carbons (Fsp3) is 0.500. The second kappa shape index (κ2) is 8.19. The number of alkyl halides is 3. The number of ether oxygens (including phenoxy) is 1. The zero-order chi connectivity index (χ0) is 18.4. The van der Waals surface area contributed by atoms with E-state index in [0.29, 0.717) is 11.3 Å². The van der Waals surface area contributed by atoms with E-state index in [1.807, 2.05) is 0 Å². The molecule has 0 aromatic heterocycles. The van der Waals surface area contributed by atoms with E-state index < -0.39 is 18.7 Å². The molecule has 0 aliphatic carbocycles. The molecule has 0 bridgehead atoms. The van der Waals surface area contributed by atoms with Crippen LogP contribution in [0.25, 0.3) is 0 Å². The Bertz CT molecular complexity index is 614.